The van der Waals surface area contributed by atoms with Crippen LogP contribution in [0.4, 0.5) is 0 Å². The van der Waals surface area contributed by atoms with E-state index in [4.69, 9.17) is 4.74 Å². The van der Waals surface area contributed by atoms with Crippen LogP contribution in [-0.4, -0.2) is 76.5 Å². The fourth-order valence-electron chi connectivity index (χ4n) is 3.77. The highest BCUT2D eigenvalue weighted by atomic mass is 16.5. The molecule has 1 fully saturated rings. The van der Waals surface area contributed by atoms with Crippen LogP contribution >= 0.6 is 0 Å². The van der Waals surface area contributed by atoms with Crippen LogP contribution in [0.3, 0.4) is 0 Å². The Labute approximate surface area is 165 Å². The Morgan fingerprint density at radius 1 is 0.929 bits per heavy atom. The monoisotopic (exact) mass is 387 g/mol. The van der Waals surface area contributed by atoms with Gasteiger partial charge in [-0.2, -0.15) is 0 Å². The number of hydrogen-bond donors (Lipinski definition) is 4. The molecular weight excluding hydrogens is 358 g/mol. The molecule has 0 bridgehead atoms. The van der Waals surface area contributed by atoms with E-state index in [1.165, 1.54) is 5.56 Å². The van der Waals surface area contributed by atoms with E-state index in [-0.39, 0.29) is 13.2 Å². The van der Waals surface area contributed by atoms with E-state index in [2.05, 4.69) is 24.3 Å². The number of aryl methyl sites for hydroxylation is 1. The molecule has 0 amide bonds. The van der Waals surface area contributed by atoms with Gasteiger partial charge >= 0.3 is 0 Å². The highest BCUT2D eigenvalue weighted by Crippen LogP contribution is 2.23. The van der Waals surface area contributed by atoms with Crippen LogP contribution in [0.5, 0.6) is 5.75 Å². The maximum atomic E-state index is 10.0. The Bertz CT molecular complexity index is 734. The first-order valence-corrected chi connectivity index (χ1v) is 9.66. The lowest BCUT2D eigenvalue weighted by Crippen LogP contribution is -2.62. The summed E-state index contributed by atoms with van der Waals surface area (Å²) in [7, 11) is 1.65. The van der Waals surface area contributed by atoms with E-state index in [0.29, 0.717) is 6.54 Å². The number of β-amino-alcohol motifs (C(OH)–C–C–N with tert-alkyl or cyclic N) is 1. The molecule has 1 heterocycles. The number of rotatable bonds is 7. The van der Waals surface area contributed by atoms with E-state index >= 15 is 0 Å². The fourth-order valence-corrected chi connectivity index (χ4v) is 3.77. The summed E-state index contributed by atoms with van der Waals surface area (Å²) in [6.07, 6.45) is -1.67. The van der Waals surface area contributed by atoms with Gasteiger partial charge in [-0.05, 0) is 48.2 Å². The second-order valence-corrected chi connectivity index (χ2v) is 7.32. The van der Waals surface area contributed by atoms with Gasteiger partial charge in [-0.1, -0.05) is 36.4 Å². The maximum Gasteiger partial charge on any atom is 0.118 e. The number of benzene rings is 2. The lowest BCUT2D eigenvalue weighted by atomic mass is 9.94. The average Bonchev–Trinajstić information content (AvgIpc) is 2.73. The minimum Gasteiger partial charge on any atom is -0.497 e. The van der Waals surface area contributed by atoms with Gasteiger partial charge in [-0.3, -0.25) is 4.90 Å². The molecule has 2 aromatic carbocycles. The van der Waals surface area contributed by atoms with Crippen LogP contribution in [0.2, 0.25) is 0 Å². The second kappa shape index (κ2) is 9.49. The summed E-state index contributed by atoms with van der Waals surface area (Å²) in [4.78, 5) is 1.85. The van der Waals surface area contributed by atoms with Gasteiger partial charge in [0, 0.05) is 6.54 Å². The van der Waals surface area contributed by atoms with Gasteiger partial charge in [0.1, 0.15) is 18.0 Å². The number of likely N-dealkylation sites (tertiary alicyclic amines) is 1. The predicted octanol–water partition coefficient (Wildman–Crippen LogP) is 1.05. The molecular formula is C22H29NO5. The van der Waals surface area contributed by atoms with E-state index in [1.807, 2.05) is 29.2 Å². The van der Waals surface area contributed by atoms with Gasteiger partial charge in [-0.25, -0.2) is 0 Å². The molecule has 1 aliphatic rings. The average molecular weight is 387 g/mol. The smallest absolute Gasteiger partial charge is 0.118 e. The molecule has 3 rings (SSSR count). The molecule has 0 aliphatic carbocycles. The Hall–Kier alpha value is -1.96. The normalized spacial score (nSPS) is 25.6. The number of aliphatic hydroxyl groups excluding tert-OH is 4. The molecule has 0 spiro atoms. The van der Waals surface area contributed by atoms with Gasteiger partial charge < -0.3 is 25.2 Å². The predicted molar refractivity (Wildman–Crippen MR) is 107 cm³/mol. The van der Waals surface area contributed by atoms with Crippen molar-refractivity contribution in [3.05, 3.63) is 54.1 Å². The number of methoxy groups -OCH3 is 1. The van der Waals surface area contributed by atoms with Crippen molar-refractivity contribution in [3.63, 3.8) is 0 Å². The number of piperidine rings is 1. The zero-order valence-corrected chi connectivity index (χ0v) is 16.1. The van der Waals surface area contributed by atoms with Crippen molar-refractivity contribution >= 4 is 0 Å². The Balaban J connectivity index is 1.54. The van der Waals surface area contributed by atoms with Crippen LogP contribution in [0, 0.1) is 0 Å². The van der Waals surface area contributed by atoms with Crippen LogP contribution in [0.1, 0.15) is 12.0 Å². The standard InChI is InChI=1S/C22H29NO5/c1-28-18-10-8-17(9-11-18)16-6-4-15(5-7-16)3-2-12-23-13-20(25)22(27)21(26)19(23)14-24/h4-11,19-22,24-27H,2-3,12-14H2,1H3. The summed E-state index contributed by atoms with van der Waals surface area (Å²) in [6, 6.07) is 15.8. The van der Waals surface area contributed by atoms with Gasteiger partial charge in [0.2, 0.25) is 0 Å². The highest BCUT2D eigenvalue weighted by Gasteiger charge is 2.40. The van der Waals surface area contributed by atoms with Crippen molar-refractivity contribution < 1.29 is 25.2 Å². The van der Waals surface area contributed by atoms with Crippen LogP contribution in [-0.2, 0) is 6.42 Å². The molecule has 4 N–H and O–H groups in total. The third kappa shape index (κ3) is 4.71. The molecule has 28 heavy (non-hydrogen) atoms. The first-order valence-electron chi connectivity index (χ1n) is 9.66. The van der Waals surface area contributed by atoms with Gasteiger partial charge in [-0.15, -0.1) is 0 Å². The molecule has 6 nitrogen and oxygen atoms in total. The fraction of sp³-hybridized carbons (Fsp3) is 0.455. The highest BCUT2D eigenvalue weighted by molar-refractivity contribution is 5.64. The number of nitrogens with zero attached hydrogens (tertiary/aromatic N) is 1. The summed E-state index contributed by atoms with van der Waals surface area (Å²) in [5, 5.41) is 39.2. The van der Waals surface area contributed by atoms with Gasteiger partial charge in [0.05, 0.1) is 25.9 Å². The topological polar surface area (TPSA) is 93.4 Å². The van der Waals surface area contributed by atoms with Crippen LogP contribution in [0.15, 0.2) is 48.5 Å². The van der Waals surface area contributed by atoms with E-state index in [9.17, 15) is 20.4 Å². The SMILES string of the molecule is COc1ccc(-c2ccc(CCCN3CC(O)C(O)C(O)C3CO)cc2)cc1. The molecule has 6 heteroatoms. The molecule has 1 saturated heterocycles. The Morgan fingerprint density at radius 2 is 1.54 bits per heavy atom. The van der Waals surface area contributed by atoms with Crippen molar-refractivity contribution in [2.75, 3.05) is 26.8 Å². The first-order chi connectivity index (χ1) is 13.5. The zero-order valence-electron chi connectivity index (χ0n) is 16.1. The third-order valence-corrected chi connectivity index (χ3v) is 5.50. The molecule has 0 saturated carbocycles. The van der Waals surface area contributed by atoms with E-state index < -0.39 is 24.4 Å². The molecule has 4 atom stereocenters. The molecule has 0 aromatic heterocycles. The quantitative estimate of drug-likeness (QED) is 0.568. The van der Waals surface area contributed by atoms with Crippen molar-refractivity contribution in [2.45, 2.75) is 37.2 Å². The third-order valence-electron chi connectivity index (χ3n) is 5.50. The van der Waals surface area contributed by atoms with Crippen molar-refractivity contribution in [1.29, 1.82) is 0 Å². The Morgan fingerprint density at radius 3 is 2.11 bits per heavy atom. The molecule has 0 radical (unpaired) electrons. The largest absolute Gasteiger partial charge is 0.497 e. The summed E-state index contributed by atoms with van der Waals surface area (Å²) < 4.78 is 5.19. The number of hydrogen-bond acceptors (Lipinski definition) is 6. The lowest BCUT2D eigenvalue weighted by Gasteiger charge is -2.43. The Kier molecular flexibility index (Phi) is 7.04. The first kappa shape index (κ1) is 20.8. The number of ether oxygens (including phenoxy) is 1. The van der Waals surface area contributed by atoms with Crippen LogP contribution < -0.4 is 4.74 Å². The lowest BCUT2D eigenvalue weighted by molar-refractivity contribution is -0.145. The van der Waals surface area contributed by atoms with Crippen molar-refractivity contribution in [1.82, 2.24) is 4.90 Å². The van der Waals surface area contributed by atoms with E-state index in [1.54, 1.807) is 7.11 Å². The molecule has 4 unspecified atom stereocenters. The van der Waals surface area contributed by atoms with Gasteiger partial charge in [0.15, 0.2) is 0 Å². The van der Waals surface area contributed by atoms with Crippen molar-refractivity contribution in [3.8, 4) is 16.9 Å². The minimum absolute atomic E-state index is 0.249. The maximum absolute atomic E-state index is 10.0. The molecule has 2 aromatic rings. The van der Waals surface area contributed by atoms with Crippen LogP contribution in [0.25, 0.3) is 11.1 Å². The van der Waals surface area contributed by atoms with E-state index in [0.717, 1.165) is 29.7 Å². The molecule has 152 valence electrons. The van der Waals surface area contributed by atoms with Gasteiger partial charge in [0.25, 0.3) is 0 Å². The second-order valence-electron chi connectivity index (χ2n) is 7.32. The summed E-state index contributed by atoms with van der Waals surface area (Å²) in [6.45, 7) is 0.633. The summed E-state index contributed by atoms with van der Waals surface area (Å²) in [5.74, 6) is 0.835. The summed E-state index contributed by atoms with van der Waals surface area (Å²) >= 11 is 0. The number of aliphatic hydroxyl groups is 4. The summed E-state index contributed by atoms with van der Waals surface area (Å²) in [5.41, 5.74) is 3.48. The minimum atomic E-state index is -1.21. The zero-order chi connectivity index (χ0) is 20.1. The van der Waals surface area contributed by atoms with Crippen molar-refractivity contribution in [2.24, 2.45) is 0 Å². The molecule has 1 aliphatic heterocycles.